The van der Waals surface area contributed by atoms with E-state index in [0.717, 1.165) is 36.6 Å². The van der Waals surface area contributed by atoms with Crippen molar-refractivity contribution in [2.45, 2.75) is 31.8 Å². The van der Waals surface area contributed by atoms with Crippen molar-refractivity contribution in [3.05, 3.63) is 76.0 Å². The van der Waals surface area contributed by atoms with Crippen LogP contribution in [0, 0.1) is 5.82 Å². The van der Waals surface area contributed by atoms with E-state index in [2.05, 4.69) is 32.7 Å². The van der Waals surface area contributed by atoms with Gasteiger partial charge in [0, 0.05) is 43.0 Å². The molecule has 2 aliphatic rings. The number of nitrogens with one attached hydrogen (secondary N) is 2. The first-order chi connectivity index (χ1) is 15.0. The number of carbonyl (C=O) groups excluding carboxylic acids is 2. The molecule has 3 heterocycles. The Morgan fingerprint density at radius 3 is 2.94 bits per heavy atom. The SMILES string of the molecule is O=C1C[C@H](C(=O)Nc2nc3c(s2)CN(Cc2ccccc2)CC3)c2ccc(F)cc2N1. The van der Waals surface area contributed by atoms with Gasteiger partial charge in [0.2, 0.25) is 11.8 Å². The van der Waals surface area contributed by atoms with Gasteiger partial charge in [-0.1, -0.05) is 36.4 Å². The van der Waals surface area contributed by atoms with Gasteiger partial charge in [-0.2, -0.15) is 0 Å². The molecule has 6 nitrogen and oxygen atoms in total. The molecule has 158 valence electrons. The van der Waals surface area contributed by atoms with Crippen LogP contribution in [-0.4, -0.2) is 28.2 Å². The quantitative estimate of drug-likeness (QED) is 0.651. The summed E-state index contributed by atoms with van der Waals surface area (Å²) in [6.45, 7) is 2.59. The van der Waals surface area contributed by atoms with Crippen molar-refractivity contribution in [3.8, 4) is 0 Å². The Morgan fingerprint density at radius 2 is 2.10 bits per heavy atom. The molecule has 0 spiro atoms. The van der Waals surface area contributed by atoms with E-state index < -0.39 is 11.7 Å². The van der Waals surface area contributed by atoms with Gasteiger partial charge in [-0.3, -0.25) is 14.5 Å². The van der Waals surface area contributed by atoms with Crippen LogP contribution in [0.15, 0.2) is 48.5 Å². The third kappa shape index (κ3) is 4.22. The molecule has 2 amide bonds. The minimum Gasteiger partial charge on any atom is -0.326 e. The van der Waals surface area contributed by atoms with E-state index >= 15 is 0 Å². The first kappa shape index (κ1) is 19.8. The molecule has 0 bridgehead atoms. The molecule has 2 aliphatic heterocycles. The Bertz CT molecular complexity index is 1150. The molecule has 5 rings (SSSR count). The Kier molecular flexibility index (Phi) is 5.25. The lowest BCUT2D eigenvalue weighted by Crippen LogP contribution is -2.30. The number of amides is 2. The van der Waals surface area contributed by atoms with E-state index in [4.69, 9.17) is 0 Å². The van der Waals surface area contributed by atoms with Gasteiger partial charge >= 0.3 is 0 Å². The van der Waals surface area contributed by atoms with Crippen molar-refractivity contribution >= 4 is 34.0 Å². The van der Waals surface area contributed by atoms with Crippen LogP contribution in [0.2, 0.25) is 0 Å². The second kappa shape index (κ2) is 8.20. The standard InChI is InChI=1S/C23H21FN4O2S/c24-15-6-7-16-17(11-21(29)25-19(16)10-15)22(30)27-23-26-18-8-9-28(13-20(18)31-23)12-14-4-2-1-3-5-14/h1-7,10,17H,8-9,11-13H2,(H,25,29)(H,26,27,30)/t17-/m0/s1. The number of carbonyl (C=O) groups is 2. The molecular formula is C23H21FN4O2S. The van der Waals surface area contributed by atoms with Crippen LogP contribution in [0.3, 0.4) is 0 Å². The van der Waals surface area contributed by atoms with Crippen LogP contribution >= 0.6 is 11.3 Å². The van der Waals surface area contributed by atoms with Gasteiger partial charge in [0.05, 0.1) is 11.6 Å². The average Bonchev–Trinajstić information content (AvgIpc) is 3.15. The zero-order chi connectivity index (χ0) is 21.4. The topological polar surface area (TPSA) is 74.3 Å². The number of benzene rings is 2. The lowest BCUT2D eigenvalue weighted by atomic mass is 9.90. The number of hydrogen-bond donors (Lipinski definition) is 2. The van der Waals surface area contributed by atoms with E-state index in [1.165, 1.54) is 29.0 Å². The average molecular weight is 437 g/mol. The summed E-state index contributed by atoms with van der Waals surface area (Å²) in [5, 5.41) is 6.07. The molecule has 1 atom stereocenters. The second-order valence-electron chi connectivity index (χ2n) is 7.86. The summed E-state index contributed by atoms with van der Waals surface area (Å²) in [6, 6.07) is 14.5. The predicted molar refractivity (Wildman–Crippen MR) is 117 cm³/mol. The number of rotatable bonds is 4. The second-order valence-corrected chi connectivity index (χ2v) is 8.94. The maximum absolute atomic E-state index is 13.5. The Labute approximate surface area is 183 Å². The molecule has 0 fully saturated rings. The molecule has 3 aromatic rings. The molecular weight excluding hydrogens is 415 g/mol. The monoisotopic (exact) mass is 436 g/mol. The minimum absolute atomic E-state index is 0.0282. The van der Waals surface area contributed by atoms with E-state index in [1.54, 1.807) is 6.07 Å². The highest BCUT2D eigenvalue weighted by atomic mass is 32.1. The van der Waals surface area contributed by atoms with Gasteiger partial charge in [0.25, 0.3) is 0 Å². The third-order valence-corrected chi connectivity index (χ3v) is 6.66. The fourth-order valence-electron chi connectivity index (χ4n) is 4.14. The molecule has 1 aromatic heterocycles. The molecule has 0 radical (unpaired) electrons. The van der Waals surface area contributed by atoms with Crippen molar-refractivity contribution in [1.82, 2.24) is 9.88 Å². The first-order valence-electron chi connectivity index (χ1n) is 10.2. The van der Waals surface area contributed by atoms with Gasteiger partial charge < -0.3 is 10.6 Å². The lowest BCUT2D eigenvalue weighted by molar-refractivity contribution is -0.123. The number of anilines is 2. The fourth-order valence-corrected chi connectivity index (χ4v) is 5.20. The summed E-state index contributed by atoms with van der Waals surface area (Å²) in [7, 11) is 0. The largest absolute Gasteiger partial charge is 0.326 e. The summed E-state index contributed by atoms with van der Waals surface area (Å²) < 4.78 is 13.5. The number of aromatic nitrogens is 1. The normalized spacial score (nSPS) is 18.1. The molecule has 8 heteroatoms. The maximum atomic E-state index is 13.5. The third-order valence-electron chi connectivity index (χ3n) is 5.66. The van der Waals surface area contributed by atoms with Crippen molar-refractivity contribution < 1.29 is 14.0 Å². The highest BCUT2D eigenvalue weighted by Gasteiger charge is 2.32. The number of fused-ring (bicyclic) bond motifs is 2. The number of hydrogen-bond acceptors (Lipinski definition) is 5. The fraction of sp³-hybridized carbons (Fsp3) is 0.261. The molecule has 2 aromatic carbocycles. The van der Waals surface area contributed by atoms with Gasteiger partial charge in [-0.15, -0.1) is 11.3 Å². The van der Waals surface area contributed by atoms with Gasteiger partial charge in [0.15, 0.2) is 5.13 Å². The summed E-state index contributed by atoms with van der Waals surface area (Å²) >= 11 is 1.48. The van der Waals surface area contributed by atoms with Crippen LogP contribution in [0.1, 0.15) is 34.0 Å². The van der Waals surface area contributed by atoms with E-state index in [1.807, 2.05) is 18.2 Å². The van der Waals surface area contributed by atoms with Gasteiger partial charge in [0.1, 0.15) is 5.82 Å². The van der Waals surface area contributed by atoms with Crippen molar-refractivity contribution in [2.75, 3.05) is 17.2 Å². The molecule has 0 aliphatic carbocycles. The van der Waals surface area contributed by atoms with E-state index in [9.17, 15) is 14.0 Å². The molecule has 0 saturated heterocycles. The molecule has 31 heavy (non-hydrogen) atoms. The first-order valence-corrected chi connectivity index (χ1v) is 11.0. The molecule has 0 saturated carbocycles. The summed E-state index contributed by atoms with van der Waals surface area (Å²) in [5.74, 6) is -1.71. The Hall–Kier alpha value is -3.10. The van der Waals surface area contributed by atoms with Crippen molar-refractivity contribution in [2.24, 2.45) is 0 Å². The van der Waals surface area contributed by atoms with Crippen molar-refractivity contribution in [1.29, 1.82) is 0 Å². The number of nitrogens with zero attached hydrogens (tertiary/aromatic N) is 2. The Morgan fingerprint density at radius 1 is 1.26 bits per heavy atom. The van der Waals surface area contributed by atoms with E-state index in [-0.39, 0.29) is 18.2 Å². The zero-order valence-electron chi connectivity index (χ0n) is 16.7. The maximum Gasteiger partial charge on any atom is 0.234 e. The van der Waals surface area contributed by atoms with Crippen LogP contribution in [0.25, 0.3) is 0 Å². The number of halogens is 1. The smallest absolute Gasteiger partial charge is 0.234 e. The molecule has 2 N–H and O–H groups in total. The molecule has 0 unspecified atom stereocenters. The lowest BCUT2D eigenvalue weighted by Gasteiger charge is -2.25. The van der Waals surface area contributed by atoms with Crippen LogP contribution < -0.4 is 10.6 Å². The number of thiazole rings is 1. The predicted octanol–water partition coefficient (Wildman–Crippen LogP) is 3.91. The highest BCUT2D eigenvalue weighted by molar-refractivity contribution is 7.15. The summed E-state index contributed by atoms with van der Waals surface area (Å²) in [6.07, 6.45) is 0.864. The van der Waals surface area contributed by atoms with Crippen LogP contribution in [0.5, 0.6) is 0 Å². The zero-order valence-corrected chi connectivity index (χ0v) is 17.5. The Balaban J connectivity index is 1.29. The van der Waals surface area contributed by atoms with Gasteiger partial charge in [-0.05, 0) is 23.3 Å². The summed E-state index contributed by atoms with van der Waals surface area (Å²) in [4.78, 5) is 33.1. The minimum atomic E-state index is -0.667. The van der Waals surface area contributed by atoms with E-state index in [0.29, 0.717) is 16.4 Å². The van der Waals surface area contributed by atoms with Crippen LogP contribution in [-0.2, 0) is 29.1 Å². The van der Waals surface area contributed by atoms with Crippen molar-refractivity contribution in [3.63, 3.8) is 0 Å². The van der Waals surface area contributed by atoms with Gasteiger partial charge in [-0.25, -0.2) is 9.37 Å². The summed E-state index contributed by atoms with van der Waals surface area (Å²) in [5.41, 5.74) is 3.27. The highest BCUT2D eigenvalue weighted by Crippen LogP contribution is 2.35. The van der Waals surface area contributed by atoms with Crippen LogP contribution in [0.4, 0.5) is 15.2 Å².